The maximum Gasteiger partial charge on any atom is 0.239 e. The van der Waals surface area contributed by atoms with E-state index in [1.54, 1.807) is 40.4 Å². The Morgan fingerprint density at radius 2 is 1.93 bits per heavy atom. The number of hydrogen-bond donors (Lipinski definition) is 0. The molecule has 0 saturated carbocycles. The standard InChI is InChI=1S/C23H21N3OS2/c1-16-11-17(2)22-20(12-16)25-23(29-22)26(14-18-7-6-10-24-13-18)21(27)15-28-19-8-4-3-5-9-19/h3-13H,14-15H2,1-2H3. The molecule has 6 heteroatoms. The van der Waals surface area contributed by atoms with Crippen LogP contribution in [0.1, 0.15) is 16.7 Å². The predicted octanol–water partition coefficient (Wildman–Crippen LogP) is 5.63. The molecular formula is C23H21N3OS2. The molecule has 0 radical (unpaired) electrons. The van der Waals surface area contributed by atoms with E-state index in [-0.39, 0.29) is 5.91 Å². The molecule has 4 nitrogen and oxygen atoms in total. The average molecular weight is 420 g/mol. The Bertz CT molecular complexity index is 1130. The zero-order valence-corrected chi connectivity index (χ0v) is 18.0. The van der Waals surface area contributed by atoms with E-state index in [1.807, 2.05) is 42.5 Å². The lowest BCUT2D eigenvalue weighted by Crippen LogP contribution is -2.31. The maximum atomic E-state index is 13.2. The van der Waals surface area contributed by atoms with Crippen LogP contribution in [0.25, 0.3) is 10.2 Å². The van der Waals surface area contributed by atoms with Gasteiger partial charge in [-0.15, -0.1) is 11.8 Å². The Balaban J connectivity index is 1.64. The lowest BCUT2D eigenvalue weighted by Gasteiger charge is -2.19. The van der Waals surface area contributed by atoms with Crippen LogP contribution in [0.3, 0.4) is 0 Å². The first-order chi connectivity index (χ1) is 14.1. The summed E-state index contributed by atoms with van der Waals surface area (Å²) >= 11 is 3.12. The summed E-state index contributed by atoms with van der Waals surface area (Å²) in [5.41, 5.74) is 4.30. The van der Waals surface area contributed by atoms with E-state index < -0.39 is 0 Å². The van der Waals surface area contributed by atoms with Crippen molar-refractivity contribution in [1.29, 1.82) is 0 Å². The molecule has 0 unspecified atom stereocenters. The molecule has 146 valence electrons. The number of hydrogen-bond acceptors (Lipinski definition) is 5. The Kier molecular flexibility index (Phi) is 5.92. The predicted molar refractivity (Wildman–Crippen MR) is 122 cm³/mol. The largest absolute Gasteiger partial charge is 0.283 e. The molecule has 0 aliphatic heterocycles. The molecule has 0 spiro atoms. The van der Waals surface area contributed by atoms with Gasteiger partial charge in [-0.1, -0.05) is 41.7 Å². The van der Waals surface area contributed by atoms with Crippen LogP contribution in [0.15, 0.2) is 71.9 Å². The van der Waals surface area contributed by atoms with Crippen LogP contribution in [0.4, 0.5) is 5.13 Å². The third-order valence-electron chi connectivity index (χ3n) is 4.51. The smallest absolute Gasteiger partial charge is 0.239 e. The topological polar surface area (TPSA) is 46.1 Å². The van der Waals surface area contributed by atoms with Gasteiger partial charge in [-0.05, 0) is 54.8 Å². The van der Waals surface area contributed by atoms with Crippen molar-refractivity contribution in [2.45, 2.75) is 25.3 Å². The van der Waals surface area contributed by atoms with Crippen molar-refractivity contribution in [3.63, 3.8) is 0 Å². The summed E-state index contributed by atoms with van der Waals surface area (Å²) in [6, 6.07) is 18.1. The van der Waals surface area contributed by atoms with Crippen molar-refractivity contribution < 1.29 is 4.79 Å². The zero-order chi connectivity index (χ0) is 20.2. The molecule has 1 amide bonds. The van der Waals surface area contributed by atoms with Crippen LogP contribution in [-0.2, 0) is 11.3 Å². The second-order valence-electron chi connectivity index (χ2n) is 6.87. The van der Waals surface area contributed by atoms with Crippen LogP contribution < -0.4 is 4.90 Å². The lowest BCUT2D eigenvalue weighted by molar-refractivity contribution is -0.116. The molecule has 0 saturated heterocycles. The van der Waals surface area contributed by atoms with Gasteiger partial charge in [0.25, 0.3) is 0 Å². The number of pyridine rings is 1. The Labute approximate surface area is 178 Å². The first-order valence-corrected chi connectivity index (χ1v) is 11.2. The van der Waals surface area contributed by atoms with Crippen molar-refractivity contribution in [2.75, 3.05) is 10.7 Å². The highest BCUT2D eigenvalue weighted by Crippen LogP contribution is 2.33. The highest BCUT2D eigenvalue weighted by Gasteiger charge is 2.21. The SMILES string of the molecule is Cc1cc(C)c2sc(N(Cc3cccnc3)C(=O)CSc3ccccc3)nc2c1. The molecule has 0 atom stereocenters. The van der Waals surface area contributed by atoms with Gasteiger partial charge in [-0.25, -0.2) is 4.98 Å². The Morgan fingerprint density at radius 3 is 2.69 bits per heavy atom. The minimum absolute atomic E-state index is 0.0381. The van der Waals surface area contributed by atoms with E-state index >= 15 is 0 Å². The minimum atomic E-state index is 0.0381. The van der Waals surface area contributed by atoms with Gasteiger partial charge in [-0.2, -0.15) is 0 Å². The number of amides is 1. The summed E-state index contributed by atoms with van der Waals surface area (Å²) in [6.07, 6.45) is 3.54. The molecule has 2 aromatic heterocycles. The fourth-order valence-electron chi connectivity index (χ4n) is 3.16. The maximum absolute atomic E-state index is 13.2. The van der Waals surface area contributed by atoms with Gasteiger partial charge < -0.3 is 0 Å². The molecule has 0 fully saturated rings. The number of anilines is 1. The van der Waals surface area contributed by atoms with Gasteiger partial charge in [0, 0.05) is 17.3 Å². The number of benzene rings is 2. The second kappa shape index (κ2) is 8.76. The number of thiazole rings is 1. The van der Waals surface area contributed by atoms with E-state index in [4.69, 9.17) is 4.98 Å². The van der Waals surface area contributed by atoms with Crippen molar-refractivity contribution in [3.8, 4) is 0 Å². The average Bonchev–Trinajstić information content (AvgIpc) is 3.16. The minimum Gasteiger partial charge on any atom is -0.283 e. The fraction of sp³-hybridized carbons (Fsp3) is 0.174. The summed E-state index contributed by atoms with van der Waals surface area (Å²) in [5.74, 6) is 0.397. The van der Waals surface area contributed by atoms with Crippen molar-refractivity contribution in [1.82, 2.24) is 9.97 Å². The molecule has 2 aromatic carbocycles. The third kappa shape index (κ3) is 4.66. The van der Waals surface area contributed by atoms with Crippen LogP contribution in [0.2, 0.25) is 0 Å². The van der Waals surface area contributed by atoms with Crippen LogP contribution in [-0.4, -0.2) is 21.6 Å². The molecule has 0 bridgehead atoms. The third-order valence-corrected chi connectivity index (χ3v) is 6.74. The summed E-state index contributed by atoms with van der Waals surface area (Å²) in [5, 5.41) is 0.733. The lowest BCUT2D eigenvalue weighted by atomic mass is 10.1. The van der Waals surface area contributed by atoms with E-state index in [9.17, 15) is 4.79 Å². The van der Waals surface area contributed by atoms with E-state index in [0.717, 1.165) is 25.8 Å². The van der Waals surface area contributed by atoms with Crippen LogP contribution >= 0.6 is 23.1 Å². The number of thioether (sulfide) groups is 1. The quantitative estimate of drug-likeness (QED) is 0.380. The zero-order valence-electron chi connectivity index (χ0n) is 16.3. The van der Waals surface area contributed by atoms with E-state index in [2.05, 4.69) is 31.0 Å². The van der Waals surface area contributed by atoms with Crippen LogP contribution in [0, 0.1) is 13.8 Å². The summed E-state index contributed by atoms with van der Waals surface area (Å²) in [6.45, 7) is 4.62. The molecule has 4 rings (SSSR count). The molecular weight excluding hydrogens is 398 g/mol. The number of aromatic nitrogens is 2. The van der Waals surface area contributed by atoms with Gasteiger partial charge in [0.05, 0.1) is 22.5 Å². The molecule has 29 heavy (non-hydrogen) atoms. The molecule has 0 aliphatic rings. The number of carbonyl (C=O) groups excluding carboxylic acids is 1. The van der Waals surface area contributed by atoms with Gasteiger partial charge in [-0.3, -0.25) is 14.7 Å². The summed E-state index contributed by atoms with van der Waals surface area (Å²) < 4.78 is 1.13. The number of rotatable bonds is 6. The number of nitrogens with zero attached hydrogens (tertiary/aromatic N) is 3. The van der Waals surface area contributed by atoms with E-state index in [0.29, 0.717) is 12.3 Å². The fourth-order valence-corrected chi connectivity index (χ4v) is 4.98. The molecule has 0 aliphatic carbocycles. The van der Waals surface area contributed by atoms with Crippen LogP contribution in [0.5, 0.6) is 0 Å². The van der Waals surface area contributed by atoms with Gasteiger partial charge >= 0.3 is 0 Å². The molecule has 0 N–H and O–H groups in total. The monoisotopic (exact) mass is 419 g/mol. The van der Waals surface area contributed by atoms with E-state index in [1.165, 1.54) is 11.1 Å². The summed E-state index contributed by atoms with van der Waals surface area (Å²) in [7, 11) is 0. The second-order valence-corrected chi connectivity index (χ2v) is 8.90. The van der Waals surface area contributed by atoms with Gasteiger partial charge in [0.15, 0.2) is 5.13 Å². The highest BCUT2D eigenvalue weighted by atomic mass is 32.2. The Morgan fingerprint density at radius 1 is 1.10 bits per heavy atom. The number of fused-ring (bicyclic) bond motifs is 1. The number of aryl methyl sites for hydroxylation is 2. The normalized spacial score (nSPS) is 11.0. The first-order valence-electron chi connectivity index (χ1n) is 9.35. The van der Waals surface area contributed by atoms with Gasteiger partial charge in [0.1, 0.15) is 0 Å². The highest BCUT2D eigenvalue weighted by molar-refractivity contribution is 8.00. The summed E-state index contributed by atoms with van der Waals surface area (Å²) in [4.78, 5) is 25.1. The van der Waals surface area contributed by atoms with Crippen molar-refractivity contribution >= 4 is 44.4 Å². The first kappa shape index (κ1) is 19.6. The van der Waals surface area contributed by atoms with Crippen molar-refractivity contribution in [2.24, 2.45) is 0 Å². The van der Waals surface area contributed by atoms with Crippen molar-refractivity contribution in [3.05, 3.63) is 83.7 Å². The molecule has 2 heterocycles. The molecule has 4 aromatic rings. The Hall–Kier alpha value is -2.70. The van der Waals surface area contributed by atoms with Gasteiger partial charge in [0.2, 0.25) is 5.91 Å². The number of carbonyl (C=O) groups is 1.